The number of aryl methyl sites for hydroxylation is 1. The Morgan fingerprint density at radius 3 is 2.37 bits per heavy atom. The van der Waals surface area contributed by atoms with Crippen LogP contribution in [0.15, 0.2) is 6.07 Å². The second-order valence-electron chi connectivity index (χ2n) is 4.51. The summed E-state index contributed by atoms with van der Waals surface area (Å²) in [4.78, 5) is 11.4. The summed E-state index contributed by atoms with van der Waals surface area (Å²) in [6.07, 6.45) is -4.14. The van der Waals surface area contributed by atoms with Gasteiger partial charge in [-0.25, -0.2) is 9.97 Å². The first-order valence-corrected chi connectivity index (χ1v) is 6.26. The lowest BCUT2D eigenvalue weighted by Gasteiger charge is -2.35. The summed E-state index contributed by atoms with van der Waals surface area (Å²) in [6.45, 7) is 2.67. The number of piperazine rings is 1. The van der Waals surface area contributed by atoms with E-state index in [4.69, 9.17) is 11.6 Å². The highest BCUT2D eigenvalue weighted by atomic mass is 35.5. The Kier molecular flexibility index (Phi) is 4.15. The summed E-state index contributed by atoms with van der Waals surface area (Å²) < 4.78 is 36.8. The van der Waals surface area contributed by atoms with E-state index < -0.39 is 12.7 Å². The van der Waals surface area contributed by atoms with Crippen molar-refractivity contribution in [3.63, 3.8) is 0 Å². The molecule has 8 heteroatoms. The van der Waals surface area contributed by atoms with Crippen LogP contribution in [-0.2, 0) is 0 Å². The minimum absolute atomic E-state index is 0.160. The van der Waals surface area contributed by atoms with Gasteiger partial charge < -0.3 is 4.90 Å². The average molecular weight is 295 g/mol. The summed E-state index contributed by atoms with van der Waals surface area (Å²) in [5, 5.41) is 0.160. The third kappa shape index (κ3) is 4.21. The highest BCUT2D eigenvalue weighted by Gasteiger charge is 2.32. The molecule has 1 aliphatic heterocycles. The molecule has 0 bridgehead atoms. The molecule has 0 amide bonds. The number of hydrogen-bond acceptors (Lipinski definition) is 4. The molecule has 0 radical (unpaired) electrons. The predicted molar refractivity (Wildman–Crippen MR) is 66.5 cm³/mol. The number of alkyl halides is 3. The van der Waals surface area contributed by atoms with Crippen LogP contribution in [0.2, 0.25) is 5.28 Å². The van der Waals surface area contributed by atoms with Crippen LogP contribution in [0.4, 0.5) is 19.0 Å². The average Bonchev–Trinajstić information content (AvgIpc) is 2.26. The minimum atomic E-state index is -4.14. The van der Waals surface area contributed by atoms with Crippen LogP contribution in [0.3, 0.4) is 0 Å². The van der Waals surface area contributed by atoms with Crippen LogP contribution in [0.25, 0.3) is 0 Å². The largest absolute Gasteiger partial charge is 0.401 e. The maximum Gasteiger partial charge on any atom is 0.401 e. The van der Waals surface area contributed by atoms with E-state index in [0.717, 1.165) is 5.69 Å². The summed E-state index contributed by atoms with van der Waals surface area (Å²) >= 11 is 5.78. The lowest BCUT2D eigenvalue weighted by Crippen LogP contribution is -2.49. The van der Waals surface area contributed by atoms with Crippen molar-refractivity contribution in [2.24, 2.45) is 0 Å². The molecule has 1 aromatic heterocycles. The Morgan fingerprint density at radius 2 is 1.84 bits per heavy atom. The van der Waals surface area contributed by atoms with Crippen molar-refractivity contribution in [3.05, 3.63) is 17.0 Å². The molecular weight excluding hydrogens is 281 g/mol. The number of halogens is 4. The van der Waals surface area contributed by atoms with Gasteiger partial charge in [0.05, 0.1) is 6.54 Å². The molecule has 2 rings (SSSR count). The molecule has 1 fully saturated rings. The highest BCUT2D eigenvalue weighted by molar-refractivity contribution is 6.28. The standard InChI is InChI=1S/C11H14ClF3N4/c1-8-6-9(17-10(12)16-8)19-4-2-18(3-5-19)7-11(13,14)15/h6H,2-5,7H2,1H3. The topological polar surface area (TPSA) is 32.3 Å². The van der Waals surface area contributed by atoms with Crippen LogP contribution < -0.4 is 4.90 Å². The van der Waals surface area contributed by atoms with E-state index in [-0.39, 0.29) is 5.28 Å². The Labute approximate surface area is 114 Å². The summed E-state index contributed by atoms with van der Waals surface area (Å²) in [6, 6.07) is 1.78. The van der Waals surface area contributed by atoms with E-state index in [2.05, 4.69) is 9.97 Å². The van der Waals surface area contributed by atoms with Crippen LogP contribution in [0, 0.1) is 6.92 Å². The SMILES string of the molecule is Cc1cc(N2CCN(CC(F)(F)F)CC2)nc(Cl)n1. The first kappa shape index (κ1) is 14.3. The number of anilines is 1. The zero-order chi connectivity index (χ0) is 14.0. The van der Waals surface area contributed by atoms with Gasteiger partial charge in [-0.2, -0.15) is 13.2 Å². The zero-order valence-electron chi connectivity index (χ0n) is 10.4. The maximum atomic E-state index is 12.3. The lowest BCUT2D eigenvalue weighted by molar-refractivity contribution is -0.146. The van der Waals surface area contributed by atoms with E-state index in [1.54, 1.807) is 13.0 Å². The highest BCUT2D eigenvalue weighted by Crippen LogP contribution is 2.20. The van der Waals surface area contributed by atoms with Gasteiger partial charge in [-0.1, -0.05) is 0 Å². The summed E-state index contributed by atoms with van der Waals surface area (Å²) in [7, 11) is 0. The molecule has 0 N–H and O–H groups in total. The molecule has 19 heavy (non-hydrogen) atoms. The molecule has 0 atom stereocenters. The van der Waals surface area contributed by atoms with Crippen molar-refractivity contribution in [2.75, 3.05) is 37.6 Å². The molecule has 0 unspecified atom stereocenters. The molecule has 106 valence electrons. The van der Waals surface area contributed by atoms with E-state index in [1.807, 2.05) is 4.90 Å². The van der Waals surface area contributed by atoms with Gasteiger partial charge in [-0.05, 0) is 18.5 Å². The third-order valence-electron chi connectivity index (χ3n) is 2.91. The second kappa shape index (κ2) is 5.50. The summed E-state index contributed by atoms with van der Waals surface area (Å²) in [5.41, 5.74) is 0.743. The van der Waals surface area contributed by atoms with E-state index in [9.17, 15) is 13.2 Å². The normalized spacial score (nSPS) is 17.8. The van der Waals surface area contributed by atoms with Gasteiger partial charge in [-0.3, -0.25) is 4.90 Å². The van der Waals surface area contributed by atoms with Gasteiger partial charge in [0.25, 0.3) is 0 Å². The summed E-state index contributed by atoms with van der Waals surface area (Å²) in [5.74, 6) is 0.671. The number of aromatic nitrogens is 2. The molecule has 2 heterocycles. The number of hydrogen-bond donors (Lipinski definition) is 0. The first-order valence-electron chi connectivity index (χ1n) is 5.89. The minimum Gasteiger partial charge on any atom is -0.354 e. The number of nitrogens with zero attached hydrogens (tertiary/aromatic N) is 4. The van der Waals surface area contributed by atoms with Gasteiger partial charge in [0.15, 0.2) is 0 Å². The zero-order valence-corrected chi connectivity index (χ0v) is 11.2. The fraction of sp³-hybridized carbons (Fsp3) is 0.636. The van der Waals surface area contributed by atoms with Gasteiger partial charge in [-0.15, -0.1) is 0 Å². The van der Waals surface area contributed by atoms with Crippen molar-refractivity contribution < 1.29 is 13.2 Å². The molecule has 0 spiro atoms. The molecule has 1 aliphatic rings. The van der Waals surface area contributed by atoms with Gasteiger partial charge in [0.1, 0.15) is 5.82 Å². The molecule has 1 saturated heterocycles. The van der Waals surface area contributed by atoms with E-state index >= 15 is 0 Å². The van der Waals surface area contributed by atoms with Gasteiger partial charge in [0, 0.05) is 37.9 Å². The molecule has 0 saturated carbocycles. The number of rotatable bonds is 2. The molecule has 1 aromatic rings. The fourth-order valence-electron chi connectivity index (χ4n) is 2.07. The van der Waals surface area contributed by atoms with Gasteiger partial charge in [0.2, 0.25) is 5.28 Å². The fourth-order valence-corrected chi connectivity index (χ4v) is 2.29. The van der Waals surface area contributed by atoms with Crippen molar-refractivity contribution >= 4 is 17.4 Å². The van der Waals surface area contributed by atoms with E-state index in [1.165, 1.54) is 4.90 Å². The monoisotopic (exact) mass is 294 g/mol. The van der Waals surface area contributed by atoms with Crippen molar-refractivity contribution in [3.8, 4) is 0 Å². The first-order chi connectivity index (χ1) is 8.83. The molecule has 0 aliphatic carbocycles. The van der Waals surface area contributed by atoms with Crippen LogP contribution in [0.1, 0.15) is 5.69 Å². The van der Waals surface area contributed by atoms with Crippen molar-refractivity contribution in [1.82, 2.24) is 14.9 Å². The second-order valence-corrected chi connectivity index (χ2v) is 4.85. The Morgan fingerprint density at radius 1 is 1.21 bits per heavy atom. The quantitative estimate of drug-likeness (QED) is 0.782. The van der Waals surface area contributed by atoms with E-state index in [0.29, 0.717) is 32.0 Å². The van der Waals surface area contributed by atoms with Crippen LogP contribution in [-0.4, -0.2) is 53.8 Å². The predicted octanol–water partition coefficient (Wildman–Crippen LogP) is 2.12. The van der Waals surface area contributed by atoms with Crippen LogP contribution in [0.5, 0.6) is 0 Å². The Hall–Kier alpha value is -1.08. The molecule has 0 aromatic carbocycles. The van der Waals surface area contributed by atoms with Crippen molar-refractivity contribution in [1.29, 1.82) is 0 Å². The van der Waals surface area contributed by atoms with Crippen LogP contribution >= 0.6 is 11.6 Å². The maximum absolute atomic E-state index is 12.3. The smallest absolute Gasteiger partial charge is 0.354 e. The van der Waals surface area contributed by atoms with Gasteiger partial charge >= 0.3 is 6.18 Å². The molecule has 4 nitrogen and oxygen atoms in total. The molecular formula is C11H14ClF3N4. The Balaban J connectivity index is 1.96. The lowest BCUT2D eigenvalue weighted by atomic mass is 10.3. The third-order valence-corrected chi connectivity index (χ3v) is 3.08. The Bertz CT molecular complexity index is 424. The van der Waals surface area contributed by atoms with Crippen molar-refractivity contribution in [2.45, 2.75) is 13.1 Å².